The third-order valence-corrected chi connectivity index (χ3v) is 5.58. The van der Waals surface area contributed by atoms with Gasteiger partial charge in [0.15, 0.2) is 0 Å². The minimum Gasteiger partial charge on any atom is -0.0845 e. The summed E-state index contributed by atoms with van der Waals surface area (Å²) in [7, 11) is -0.474. The Kier molecular flexibility index (Phi) is 3.93. The molecule has 0 unspecified atom stereocenters. The molecule has 0 N–H and O–H groups in total. The van der Waals surface area contributed by atoms with Crippen molar-refractivity contribution in [1.82, 2.24) is 0 Å². The van der Waals surface area contributed by atoms with E-state index >= 15 is 0 Å². The summed E-state index contributed by atoms with van der Waals surface area (Å²) >= 11 is 6.24. The van der Waals surface area contributed by atoms with Crippen LogP contribution in [0, 0.1) is 0 Å². The molecule has 0 aliphatic carbocycles. The van der Waals surface area contributed by atoms with Crippen molar-refractivity contribution in [2.45, 2.75) is 26.2 Å². The van der Waals surface area contributed by atoms with Crippen LogP contribution in [0.1, 0.15) is 26.3 Å². The number of halogens is 1. The first kappa shape index (κ1) is 13.4. The lowest BCUT2D eigenvalue weighted by atomic mass is 9.87. The van der Waals surface area contributed by atoms with E-state index in [4.69, 9.17) is 11.6 Å². The van der Waals surface area contributed by atoms with Crippen LogP contribution in [-0.4, -0.2) is 9.52 Å². The summed E-state index contributed by atoms with van der Waals surface area (Å²) < 4.78 is 0. The standard InChI is InChI=1S/C16H19ClSi/c1-16(2,3)12-7-6-8-13(11-12)18-15-10-5-4-9-14(15)17/h4-11H,18H2,1-3H3. The number of rotatable bonds is 2. The van der Waals surface area contributed by atoms with Crippen LogP contribution in [-0.2, 0) is 5.41 Å². The SMILES string of the molecule is CC(C)(C)c1cccc([SiH2]c2ccccc2Cl)c1. The molecule has 2 rings (SSSR count). The van der Waals surface area contributed by atoms with Crippen molar-refractivity contribution in [2.75, 3.05) is 0 Å². The van der Waals surface area contributed by atoms with Gasteiger partial charge in [-0.05, 0) is 22.2 Å². The highest BCUT2D eigenvalue weighted by atomic mass is 35.5. The van der Waals surface area contributed by atoms with Crippen molar-refractivity contribution in [2.24, 2.45) is 0 Å². The van der Waals surface area contributed by atoms with Gasteiger partial charge in [-0.2, -0.15) is 0 Å². The van der Waals surface area contributed by atoms with Gasteiger partial charge in [-0.1, -0.05) is 80.0 Å². The van der Waals surface area contributed by atoms with Gasteiger partial charge in [0.05, 0.1) is 9.52 Å². The molecule has 0 spiro atoms. The summed E-state index contributed by atoms with van der Waals surface area (Å²) in [5.41, 5.74) is 1.62. The van der Waals surface area contributed by atoms with Gasteiger partial charge < -0.3 is 0 Å². The highest BCUT2D eigenvalue weighted by molar-refractivity contribution is 6.70. The number of benzene rings is 2. The third-order valence-electron chi connectivity index (χ3n) is 3.15. The molecule has 2 aromatic rings. The molecule has 0 fully saturated rings. The molecule has 0 bridgehead atoms. The molecule has 0 saturated carbocycles. The van der Waals surface area contributed by atoms with Crippen LogP contribution in [0.4, 0.5) is 0 Å². The van der Waals surface area contributed by atoms with Gasteiger partial charge in [0, 0.05) is 5.02 Å². The van der Waals surface area contributed by atoms with Gasteiger partial charge in [0.25, 0.3) is 0 Å². The van der Waals surface area contributed by atoms with Gasteiger partial charge in [0.1, 0.15) is 0 Å². The van der Waals surface area contributed by atoms with Crippen LogP contribution >= 0.6 is 11.6 Å². The zero-order chi connectivity index (χ0) is 13.2. The predicted octanol–water partition coefficient (Wildman–Crippen LogP) is 2.76. The van der Waals surface area contributed by atoms with Crippen LogP contribution in [0.5, 0.6) is 0 Å². The molecular weight excluding hydrogens is 256 g/mol. The molecule has 2 heteroatoms. The summed E-state index contributed by atoms with van der Waals surface area (Å²) in [5.74, 6) is 0. The first-order valence-corrected chi connectivity index (χ1v) is 8.09. The maximum absolute atomic E-state index is 6.24. The van der Waals surface area contributed by atoms with Crippen LogP contribution in [0.3, 0.4) is 0 Å². The smallest absolute Gasteiger partial charge is 0.0845 e. The zero-order valence-corrected chi connectivity index (χ0v) is 13.4. The van der Waals surface area contributed by atoms with Gasteiger partial charge in [-0.3, -0.25) is 0 Å². The van der Waals surface area contributed by atoms with Crippen LogP contribution in [0.2, 0.25) is 5.02 Å². The quantitative estimate of drug-likeness (QED) is 0.739. The summed E-state index contributed by atoms with van der Waals surface area (Å²) in [6.45, 7) is 6.76. The van der Waals surface area contributed by atoms with Gasteiger partial charge in [-0.15, -0.1) is 0 Å². The highest BCUT2D eigenvalue weighted by Gasteiger charge is 2.13. The lowest BCUT2D eigenvalue weighted by molar-refractivity contribution is 0.591. The zero-order valence-electron chi connectivity index (χ0n) is 11.2. The Labute approximate surface area is 117 Å². The van der Waals surface area contributed by atoms with Crippen molar-refractivity contribution < 1.29 is 0 Å². The van der Waals surface area contributed by atoms with E-state index in [1.54, 1.807) is 0 Å². The van der Waals surface area contributed by atoms with Crippen molar-refractivity contribution >= 4 is 31.5 Å². The second kappa shape index (κ2) is 5.29. The van der Waals surface area contributed by atoms with E-state index in [2.05, 4.69) is 57.2 Å². The van der Waals surface area contributed by atoms with Crippen LogP contribution in [0.15, 0.2) is 48.5 Å². The summed E-state index contributed by atoms with van der Waals surface area (Å²) in [5, 5.41) is 3.69. The summed E-state index contributed by atoms with van der Waals surface area (Å²) in [4.78, 5) is 0. The molecule has 18 heavy (non-hydrogen) atoms. The Balaban J connectivity index is 2.28. The molecule has 0 atom stereocenters. The monoisotopic (exact) mass is 274 g/mol. The molecule has 0 aliphatic rings. The van der Waals surface area contributed by atoms with Crippen LogP contribution < -0.4 is 10.4 Å². The van der Waals surface area contributed by atoms with Gasteiger partial charge in [0.2, 0.25) is 0 Å². The molecule has 0 heterocycles. The molecule has 94 valence electrons. The van der Waals surface area contributed by atoms with Gasteiger partial charge >= 0.3 is 0 Å². The van der Waals surface area contributed by atoms with Crippen molar-refractivity contribution in [3.05, 3.63) is 59.1 Å². The first-order chi connectivity index (χ1) is 8.47. The van der Waals surface area contributed by atoms with E-state index in [1.807, 2.05) is 12.1 Å². The minimum atomic E-state index is -0.474. The fraction of sp³-hybridized carbons (Fsp3) is 0.250. The largest absolute Gasteiger partial charge is 0.0894 e. The summed E-state index contributed by atoms with van der Waals surface area (Å²) in [6, 6.07) is 17.1. The maximum atomic E-state index is 6.24. The highest BCUT2D eigenvalue weighted by Crippen LogP contribution is 2.20. The average Bonchev–Trinajstić information content (AvgIpc) is 2.31. The second-order valence-electron chi connectivity index (χ2n) is 5.72. The Morgan fingerprint density at radius 1 is 0.944 bits per heavy atom. The molecule has 0 radical (unpaired) electrons. The molecule has 0 aliphatic heterocycles. The van der Waals surface area contributed by atoms with E-state index in [9.17, 15) is 0 Å². The Morgan fingerprint density at radius 3 is 2.33 bits per heavy atom. The topological polar surface area (TPSA) is 0 Å². The molecule has 0 amide bonds. The normalized spacial score (nSPS) is 12.2. The number of hydrogen-bond donors (Lipinski definition) is 0. The van der Waals surface area contributed by atoms with Gasteiger partial charge in [-0.25, -0.2) is 0 Å². The predicted molar refractivity (Wildman–Crippen MR) is 84.4 cm³/mol. The Bertz CT molecular complexity index is 541. The molecule has 2 aromatic carbocycles. The molecule has 0 aromatic heterocycles. The van der Waals surface area contributed by atoms with E-state index in [-0.39, 0.29) is 5.41 Å². The lowest BCUT2D eigenvalue weighted by Crippen LogP contribution is -2.29. The van der Waals surface area contributed by atoms with E-state index in [0.717, 1.165) is 5.02 Å². The average molecular weight is 275 g/mol. The van der Waals surface area contributed by atoms with Crippen LogP contribution in [0.25, 0.3) is 0 Å². The van der Waals surface area contributed by atoms with Crippen molar-refractivity contribution in [3.8, 4) is 0 Å². The third kappa shape index (κ3) is 3.24. The fourth-order valence-corrected chi connectivity index (χ4v) is 3.90. The molecule has 0 nitrogen and oxygen atoms in total. The maximum Gasteiger partial charge on any atom is 0.0894 e. The van der Waals surface area contributed by atoms with Crippen molar-refractivity contribution in [3.63, 3.8) is 0 Å². The molecule has 0 saturated heterocycles. The molecular formula is C16H19ClSi. The fourth-order valence-electron chi connectivity index (χ4n) is 2.01. The van der Waals surface area contributed by atoms with E-state index in [0.29, 0.717) is 0 Å². The Morgan fingerprint density at radius 2 is 1.67 bits per heavy atom. The summed E-state index contributed by atoms with van der Waals surface area (Å²) in [6.07, 6.45) is 0. The van der Waals surface area contributed by atoms with Crippen molar-refractivity contribution in [1.29, 1.82) is 0 Å². The number of hydrogen-bond acceptors (Lipinski definition) is 0. The first-order valence-electron chi connectivity index (χ1n) is 6.29. The lowest BCUT2D eigenvalue weighted by Gasteiger charge is -2.19. The van der Waals surface area contributed by atoms with E-state index < -0.39 is 9.52 Å². The second-order valence-corrected chi connectivity index (χ2v) is 8.06. The van der Waals surface area contributed by atoms with E-state index in [1.165, 1.54) is 15.9 Å². The Hall–Kier alpha value is -1.05. The minimum absolute atomic E-state index is 0.213.